The molecule has 0 saturated heterocycles. The van der Waals surface area contributed by atoms with E-state index >= 15 is 0 Å². The van der Waals surface area contributed by atoms with Crippen LogP contribution in [0.15, 0.2) is 0 Å². The van der Waals surface area contributed by atoms with E-state index in [0.29, 0.717) is 0 Å². The predicted octanol–water partition coefficient (Wildman–Crippen LogP) is 1.55. The molecule has 0 bridgehead atoms. The van der Waals surface area contributed by atoms with Gasteiger partial charge in [-0.25, -0.2) is 0 Å². The first-order valence-corrected chi connectivity index (χ1v) is 5.92. The topological polar surface area (TPSA) is 50.1 Å². The normalized spacial score (nSPS) is 15.1. The van der Waals surface area contributed by atoms with Gasteiger partial charge >= 0.3 is 0 Å². The van der Waals surface area contributed by atoms with Crippen LogP contribution < -0.4 is 5.32 Å². The SMILES string of the molecule is CCn1nc(C)c(C(C)N[C@H](C)CO)c1C. The zero-order valence-electron chi connectivity index (χ0n) is 10.9. The van der Waals surface area contributed by atoms with Gasteiger partial charge in [0, 0.05) is 29.9 Å². The Balaban J connectivity index is 2.90. The molecule has 1 heterocycles. The van der Waals surface area contributed by atoms with Crippen molar-refractivity contribution >= 4 is 0 Å². The van der Waals surface area contributed by atoms with Gasteiger partial charge in [-0.2, -0.15) is 5.10 Å². The van der Waals surface area contributed by atoms with Crippen molar-refractivity contribution in [2.75, 3.05) is 6.61 Å². The second kappa shape index (κ2) is 5.46. The van der Waals surface area contributed by atoms with Crippen LogP contribution in [0.3, 0.4) is 0 Å². The van der Waals surface area contributed by atoms with E-state index in [2.05, 4.69) is 31.2 Å². The molecule has 16 heavy (non-hydrogen) atoms. The zero-order chi connectivity index (χ0) is 12.3. The molecule has 0 aliphatic rings. The first-order chi connectivity index (χ1) is 7.51. The van der Waals surface area contributed by atoms with E-state index in [1.54, 1.807) is 0 Å². The van der Waals surface area contributed by atoms with Crippen LogP contribution >= 0.6 is 0 Å². The standard InChI is InChI=1S/C12H23N3O/c1-6-15-11(5)12(10(4)14-15)9(3)13-8(2)7-16/h8-9,13,16H,6-7H2,1-5H3/t8-,9?/m1/s1. The average molecular weight is 225 g/mol. The lowest BCUT2D eigenvalue weighted by Gasteiger charge is -2.19. The predicted molar refractivity (Wildman–Crippen MR) is 65.5 cm³/mol. The molecule has 0 aliphatic carbocycles. The van der Waals surface area contributed by atoms with Gasteiger partial charge in [-0.3, -0.25) is 4.68 Å². The first kappa shape index (κ1) is 13.2. The second-order valence-corrected chi connectivity index (χ2v) is 4.37. The number of hydrogen-bond donors (Lipinski definition) is 2. The first-order valence-electron chi connectivity index (χ1n) is 5.92. The van der Waals surface area contributed by atoms with Crippen LogP contribution in [0.5, 0.6) is 0 Å². The highest BCUT2D eigenvalue weighted by atomic mass is 16.3. The van der Waals surface area contributed by atoms with E-state index in [9.17, 15) is 0 Å². The fourth-order valence-electron chi connectivity index (χ4n) is 2.21. The Hall–Kier alpha value is -0.870. The number of rotatable bonds is 5. The van der Waals surface area contributed by atoms with Crippen molar-refractivity contribution in [1.82, 2.24) is 15.1 Å². The third kappa shape index (κ3) is 2.62. The quantitative estimate of drug-likeness (QED) is 0.799. The number of aryl methyl sites for hydroxylation is 2. The van der Waals surface area contributed by atoms with Crippen molar-refractivity contribution in [2.45, 2.75) is 53.2 Å². The Morgan fingerprint density at radius 3 is 2.44 bits per heavy atom. The van der Waals surface area contributed by atoms with Crippen molar-refractivity contribution in [3.63, 3.8) is 0 Å². The average Bonchev–Trinajstić information content (AvgIpc) is 2.53. The summed E-state index contributed by atoms with van der Waals surface area (Å²) in [6.45, 7) is 11.4. The summed E-state index contributed by atoms with van der Waals surface area (Å²) in [4.78, 5) is 0. The maximum absolute atomic E-state index is 9.04. The molecule has 1 unspecified atom stereocenters. The summed E-state index contributed by atoms with van der Waals surface area (Å²) in [7, 11) is 0. The Labute approximate surface area is 97.7 Å². The van der Waals surface area contributed by atoms with Crippen LogP contribution in [0, 0.1) is 13.8 Å². The second-order valence-electron chi connectivity index (χ2n) is 4.37. The summed E-state index contributed by atoms with van der Waals surface area (Å²) in [5.74, 6) is 0. The molecule has 2 atom stereocenters. The van der Waals surface area contributed by atoms with Crippen LogP contribution in [0.4, 0.5) is 0 Å². The van der Waals surface area contributed by atoms with Crippen LogP contribution in [0.2, 0.25) is 0 Å². The third-order valence-corrected chi connectivity index (χ3v) is 2.98. The molecule has 1 rings (SSSR count). The van der Waals surface area contributed by atoms with Gasteiger partial charge in [0.25, 0.3) is 0 Å². The minimum absolute atomic E-state index is 0.110. The van der Waals surface area contributed by atoms with E-state index in [-0.39, 0.29) is 18.7 Å². The molecule has 0 radical (unpaired) electrons. The van der Waals surface area contributed by atoms with Gasteiger partial charge in [-0.1, -0.05) is 0 Å². The molecule has 0 amide bonds. The summed E-state index contributed by atoms with van der Waals surface area (Å²) >= 11 is 0. The molecule has 0 saturated carbocycles. The van der Waals surface area contributed by atoms with Crippen LogP contribution in [0.25, 0.3) is 0 Å². The number of nitrogens with zero attached hydrogens (tertiary/aromatic N) is 2. The summed E-state index contributed by atoms with van der Waals surface area (Å²) in [6, 6.07) is 0.334. The molecule has 1 aromatic rings. The lowest BCUT2D eigenvalue weighted by atomic mass is 10.1. The van der Waals surface area contributed by atoms with Crippen LogP contribution in [-0.4, -0.2) is 27.5 Å². The van der Waals surface area contributed by atoms with Crippen molar-refractivity contribution in [2.24, 2.45) is 0 Å². The summed E-state index contributed by atoms with van der Waals surface area (Å²) in [5, 5.41) is 16.9. The molecule has 0 spiro atoms. The molecule has 0 fully saturated rings. The summed E-state index contributed by atoms with van der Waals surface area (Å²) < 4.78 is 2.02. The van der Waals surface area contributed by atoms with Gasteiger partial charge in [0.15, 0.2) is 0 Å². The van der Waals surface area contributed by atoms with E-state index < -0.39 is 0 Å². The van der Waals surface area contributed by atoms with Gasteiger partial charge in [0.2, 0.25) is 0 Å². The summed E-state index contributed by atoms with van der Waals surface area (Å²) in [6.07, 6.45) is 0. The maximum atomic E-state index is 9.04. The fourth-order valence-corrected chi connectivity index (χ4v) is 2.21. The van der Waals surface area contributed by atoms with Crippen molar-refractivity contribution < 1.29 is 5.11 Å². The minimum Gasteiger partial charge on any atom is -0.395 e. The highest BCUT2D eigenvalue weighted by Gasteiger charge is 2.17. The highest BCUT2D eigenvalue weighted by molar-refractivity contribution is 5.27. The highest BCUT2D eigenvalue weighted by Crippen LogP contribution is 2.21. The molecule has 0 aliphatic heterocycles. The van der Waals surface area contributed by atoms with E-state index in [4.69, 9.17) is 5.11 Å². The number of hydrogen-bond acceptors (Lipinski definition) is 3. The molecular formula is C12H23N3O. The minimum atomic E-state index is 0.110. The van der Waals surface area contributed by atoms with E-state index in [1.165, 1.54) is 11.3 Å². The van der Waals surface area contributed by atoms with E-state index in [0.717, 1.165) is 12.2 Å². The Kier molecular flexibility index (Phi) is 4.50. The fraction of sp³-hybridized carbons (Fsp3) is 0.750. The largest absolute Gasteiger partial charge is 0.395 e. The van der Waals surface area contributed by atoms with Gasteiger partial charge < -0.3 is 10.4 Å². The number of aliphatic hydroxyl groups is 1. The Morgan fingerprint density at radius 1 is 1.38 bits per heavy atom. The van der Waals surface area contributed by atoms with Crippen molar-refractivity contribution in [3.8, 4) is 0 Å². The lowest BCUT2D eigenvalue weighted by Crippen LogP contribution is -2.32. The molecule has 0 aromatic carbocycles. The van der Waals surface area contributed by atoms with Crippen molar-refractivity contribution in [3.05, 3.63) is 17.0 Å². The van der Waals surface area contributed by atoms with Crippen LogP contribution in [0.1, 0.15) is 43.8 Å². The van der Waals surface area contributed by atoms with E-state index in [1.807, 2.05) is 18.5 Å². The number of aromatic nitrogens is 2. The van der Waals surface area contributed by atoms with Gasteiger partial charge in [-0.05, 0) is 34.6 Å². The Bertz CT molecular complexity index is 346. The maximum Gasteiger partial charge on any atom is 0.0644 e. The number of aliphatic hydroxyl groups excluding tert-OH is 1. The van der Waals surface area contributed by atoms with Gasteiger partial charge in [-0.15, -0.1) is 0 Å². The molecule has 1 aromatic heterocycles. The third-order valence-electron chi connectivity index (χ3n) is 2.98. The smallest absolute Gasteiger partial charge is 0.0644 e. The van der Waals surface area contributed by atoms with Crippen LogP contribution in [-0.2, 0) is 6.54 Å². The number of nitrogens with one attached hydrogen (secondary N) is 1. The van der Waals surface area contributed by atoms with Gasteiger partial charge in [0.05, 0.1) is 12.3 Å². The molecule has 4 heteroatoms. The van der Waals surface area contributed by atoms with Crippen molar-refractivity contribution in [1.29, 1.82) is 0 Å². The molecule has 92 valence electrons. The molecule has 2 N–H and O–H groups in total. The zero-order valence-corrected chi connectivity index (χ0v) is 10.9. The molecule has 4 nitrogen and oxygen atoms in total. The van der Waals surface area contributed by atoms with Gasteiger partial charge in [0.1, 0.15) is 0 Å². The molecular weight excluding hydrogens is 202 g/mol. The Morgan fingerprint density at radius 2 is 2.00 bits per heavy atom. The monoisotopic (exact) mass is 225 g/mol. The summed E-state index contributed by atoms with van der Waals surface area (Å²) in [5.41, 5.74) is 3.54. The lowest BCUT2D eigenvalue weighted by molar-refractivity contribution is 0.243.